The van der Waals surface area contributed by atoms with Gasteiger partial charge in [0.15, 0.2) is 0 Å². The lowest BCUT2D eigenvalue weighted by atomic mass is 9.84. The van der Waals surface area contributed by atoms with Crippen molar-refractivity contribution in [3.05, 3.63) is 28.8 Å². The molecule has 0 amide bonds. The average molecular weight is 296 g/mol. The number of carboxylic acid groups (broad SMARTS) is 1. The molecule has 0 unspecified atom stereocenters. The van der Waals surface area contributed by atoms with Crippen molar-refractivity contribution in [1.29, 1.82) is 0 Å². The van der Waals surface area contributed by atoms with E-state index < -0.39 is 5.97 Å². The van der Waals surface area contributed by atoms with Gasteiger partial charge in [-0.1, -0.05) is 24.9 Å². The highest BCUT2D eigenvalue weighted by atomic mass is 35.5. The molecule has 3 nitrogen and oxygen atoms in total. The van der Waals surface area contributed by atoms with Crippen molar-refractivity contribution < 1.29 is 9.90 Å². The van der Waals surface area contributed by atoms with Gasteiger partial charge in [0.2, 0.25) is 0 Å². The van der Waals surface area contributed by atoms with Gasteiger partial charge in [0.25, 0.3) is 0 Å². The predicted molar refractivity (Wildman–Crippen MR) is 82.9 cm³/mol. The second-order valence-electron chi connectivity index (χ2n) is 5.66. The van der Waals surface area contributed by atoms with Crippen molar-refractivity contribution in [1.82, 2.24) is 0 Å². The summed E-state index contributed by atoms with van der Waals surface area (Å²) < 4.78 is 0. The molecule has 1 fully saturated rings. The maximum atomic E-state index is 11.0. The summed E-state index contributed by atoms with van der Waals surface area (Å²) >= 11 is 6.05. The molecule has 0 heterocycles. The lowest BCUT2D eigenvalue weighted by molar-refractivity contribution is 0.0697. The zero-order valence-corrected chi connectivity index (χ0v) is 12.9. The highest BCUT2D eigenvalue weighted by Crippen LogP contribution is 2.32. The maximum absolute atomic E-state index is 11.0. The summed E-state index contributed by atoms with van der Waals surface area (Å²) in [6.07, 6.45) is 6.25. The molecular weight excluding hydrogens is 274 g/mol. The van der Waals surface area contributed by atoms with Gasteiger partial charge in [-0.3, -0.25) is 0 Å². The second-order valence-corrected chi connectivity index (χ2v) is 6.07. The molecule has 0 spiro atoms. The third-order valence-corrected chi connectivity index (χ3v) is 4.84. The van der Waals surface area contributed by atoms with E-state index in [0.29, 0.717) is 11.1 Å². The number of rotatable bonds is 4. The van der Waals surface area contributed by atoms with E-state index in [1.165, 1.54) is 32.1 Å². The molecule has 110 valence electrons. The molecule has 0 aliphatic heterocycles. The number of nitrogens with zero attached hydrogens (tertiary/aromatic N) is 1. The monoisotopic (exact) mass is 295 g/mol. The number of carbonyl (C=O) groups is 1. The van der Waals surface area contributed by atoms with Crippen LogP contribution in [-0.2, 0) is 0 Å². The van der Waals surface area contributed by atoms with Gasteiger partial charge in [0.05, 0.1) is 10.6 Å². The first-order valence-electron chi connectivity index (χ1n) is 7.28. The molecule has 1 aliphatic carbocycles. The quantitative estimate of drug-likeness (QED) is 0.892. The molecule has 0 atom stereocenters. The SMILES string of the molecule is CCC1CCC(N(C)c2ccc(C(=O)O)c(Cl)c2)CC1. The zero-order chi connectivity index (χ0) is 14.7. The van der Waals surface area contributed by atoms with Crippen LogP contribution in [0.3, 0.4) is 0 Å². The summed E-state index contributed by atoms with van der Waals surface area (Å²) in [6, 6.07) is 5.73. The first-order chi connectivity index (χ1) is 9.52. The minimum absolute atomic E-state index is 0.165. The van der Waals surface area contributed by atoms with Crippen LogP contribution in [-0.4, -0.2) is 24.2 Å². The van der Waals surface area contributed by atoms with Gasteiger partial charge >= 0.3 is 5.97 Å². The predicted octanol–water partition coefficient (Wildman–Crippen LogP) is 4.44. The Morgan fingerprint density at radius 3 is 2.50 bits per heavy atom. The molecule has 4 heteroatoms. The fourth-order valence-corrected chi connectivity index (χ4v) is 3.30. The van der Waals surface area contributed by atoms with Crippen LogP contribution >= 0.6 is 11.6 Å². The van der Waals surface area contributed by atoms with Gasteiger partial charge in [0, 0.05) is 18.8 Å². The Balaban J connectivity index is 2.08. The molecule has 20 heavy (non-hydrogen) atoms. The third kappa shape index (κ3) is 3.26. The fourth-order valence-electron chi connectivity index (χ4n) is 3.05. The Morgan fingerprint density at radius 2 is 2.00 bits per heavy atom. The van der Waals surface area contributed by atoms with E-state index in [0.717, 1.165) is 11.6 Å². The molecule has 1 aromatic rings. The summed E-state index contributed by atoms with van der Waals surface area (Å²) in [5, 5.41) is 9.31. The lowest BCUT2D eigenvalue weighted by Crippen LogP contribution is -2.35. The van der Waals surface area contributed by atoms with Crippen molar-refractivity contribution in [3.8, 4) is 0 Å². The number of hydrogen-bond acceptors (Lipinski definition) is 2. The van der Waals surface area contributed by atoms with Crippen LogP contribution in [0, 0.1) is 5.92 Å². The molecule has 1 aromatic carbocycles. The van der Waals surface area contributed by atoms with E-state index in [1.807, 2.05) is 6.07 Å². The van der Waals surface area contributed by atoms with E-state index in [-0.39, 0.29) is 5.56 Å². The van der Waals surface area contributed by atoms with Crippen molar-refractivity contribution in [3.63, 3.8) is 0 Å². The number of halogens is 1. The van der Waals surface area contributed by atoms with Crippen molar-refractivity contribution in [2.45, 2.75) is 45.1 Å². The number of benzene rings is 1. The Labute approximate surface area is 125 Å². The molecule has 1 saturated carbocycles. The molecular formula is C16H22ClNO2. The van der Waals surface area contributed by atoms with Crippen LogP contribution < -0.4 is 4.90 Å². The molecule has 0 aromatic heterocycles. The number of hydrogen-bond donors (Lipinski definition) is 1. The summed E-state index contributed by atoms with van der Waals surface area (Å²) in [6.45, 7) is 2.26. The molecule has 0 radical (unpaired) electrons. The van der Waals surface area contributed by atoms with E-state index in [1.54, 1.807) is 12.1 Å². The Bertz CT molecular complexity index is 481. The molecule has 1 N–H and O–H groups in total. The molecule has 2 rings (SSSR count). The Hall–Kier alpha value is -1.22. The maximum Gasteiger partial charge on any atom is 0.337 e. The minimum Gasteiger partial charge on any atom is -0.478 e. The van der Waals surface area contributed by atoms with Crippen molar-refractivity contribution >= 4 is 23.3 Å². The Morgan fingerprint density at radius 1 is 1.35 bits per heavy atom. The van der Waals surface area contributed by atoms with E-state index >= 15 is 0 Å². The number of anilines is 1. The highest BCUT2D eigenvalue weighted by molar-refractivity contribution is 6.33. The van der Waals surface area contributed by atoms with E-state index in [4.69, 9.17) is 16.7 Å². The first-order valence-corrected chi connectivity index (χ1v) is 7.66. The lowest BCUT2D eigenvalue weighted by Gasteiger charge is -2.36. The van der Waals surface area contributed by atoms with Gasteiger partial charge in [-0.15, -0.1) is 0 Å². The molecule has 1 aliphatic rings. The number of carboxylic acids is 1. The fraction of sp³-hybridized carbons (Fsp3) is 0.562. The van der Waals surface area contributed by atoms with Crippen LogP contribution in [0.2, 0.25) is 5.02 Å². The van der Waals surface area contributed by atoms with Gasteiger partial charge in [-0.2, -0.15) is 0 Å². The zero-order valence-electron chi connectivity index (χ0n) is 12.1. The summed E-state index contributed by atoms with van der Waals surface area (Å²) in [4.78, 5) is 13.2. The normalized spacial score (nSPS) is 22.6. The summed E-state index contributed by atoms with van der Waals surface area (Å²) in [5.74, 6) is -0.106. The largest absolute Gasteiger partial charge is 0.478 e. The topological polar surface area (TPSA) is 40.5 Å². The first kappa shape index (κ1) is 15.2. The van der Waals surface area contributed by atoms with Gasteiger partial charge in [-0.25, -0.2) is 4.79 Å². The standard InChI is InChI=1S/C16H22ClNO2/c1-3-11-4-6-12(7-5-11)18(2)13-8-9-14(16(19)20)15(17)10-13/h8-12H,3-7H2,1-2H3,(H,19,20). The van der Waals surface area contributed by atoms with Crippen LogP contribution in [0.1, 0.15) is 49.4 Å². The minimum atomic E-state index is -0.979. The number of aromatic carboxylic acids is 1. The van der Waals surface area contributed by atoms with E-state index in [2.05, 4.69) is 18.9 Å². The summed E-state index contributed by atoms with van der Waals surface area (Å²) in [5.41, 5.74) is 1.17. The van der Waals surface area contributed by atoms with Gasteiger partial charge in [0.1, 0.15) is 0 Å². The van der Waals surface area contributed by atoms with Crippen molar-refractivity contribution in [2.24, 2.45) is 5.92 Å². The van der Waals surface area contributed by atoms with E-state index in [9.17, 15) is 4.79 Å². The van der Waals surface area contributed by atoms with Gasteiger partial charge in [-0.05, 0) is 49.8 Å². The summed E-state index contributed by atoms with van der Waals surface area (Å²) in [7, 11) is 2.07. The molecule has 0 bridgehead atoms. The van der Waals surface area contributed by atoms with Crippen LogP contribution in [0.5, 0.6) is 0 Å². The highest BCUT2D eigenvalue weighted by Gasteiger charge is 2.23. The van der Waals surface area contributed by atoms with Crippen LogP contribution in [0.15, 0.2) is 18.2 Å². The van der Waals surface area contributed by atoms with Gasteiger partial charge < -0.3 is 10.0 Å². The Kier molecular flexibility index (Phi) is 4.92. The molecule has 0 saturated heterocycles. The third-order valence-electron chi connectivity index (χ3n) is 4.53. The van der Waals surface area contributed by atoms with Crippen molar-refractivity contribution in [2.75, 3.05) is 11.9 Å². The van der Waals surface area contributed by atoms with Crippen LogP contribution in [0.4, 0.5) is 5.69 Å². The average Bonchev–Trinajstić information content (AvgIpc) is 2.46. The second kappa shape index (κ2) is 6.49. The van der Waals surface area contributed by atoms with Crippen LogP contribution in [0.25, 0.3) is 0 Å². The smallest absolute Gasteiger partial charge is 0.337 e.